The van der Waals surface area contributed by atoms with Gasteiger partial charge in [0.15, 0.2) is 0 Å². The zero-order valence-corrected chi connectivity index (χ0v) is 13.4. The highest BCUT2D eigenvalue weighted by Gasteiger charge is 2.36. The number of hydrogen-bond acceptors (Lipinski definition) is 5. The molecule has 0 aromatic heterocycles. The van der Waals surface area contributed by atoms with Crippen LogP contribution < -0.4 is 0 Å². The Morgan fingerprint density at radius 1 is 0.938 bits per heavy atom. The first-order chi connectivity index (χ1) is 7.67. The topological polar surface area (TPSA) is 46.2 Å². The molecule has 16 heavy (non-hydrogen) atoms. The molecule has 5 nitrogen and oxygen atoms in total. The Morgan fingerprint density at radius 2 is 1.44 bits per heavy atom. The highest BCUT2D eigenvalue weighted by molar-refractivity contribution is 6.60. The normalized spacial score (nSPS) is 13.1. The molecule has 0 N–H and O–H groups in total. The highest BCUT2D eigenvalue weighted by atomic mass is 28.4. The number of hydrogen-bond donors (Lipinski definition) is 0. The number of methoxy groups -OCH3 is 2. The van der Waals surface area contributed by atoms with Gasteiger partial charge in [-0.15, -0.1) is 0 Å². The van der Waals surface area contributed by atoms with Gasteiger partial charge in [0.25, 0.3) is 0 Å². The van der Waals surface area contributed by atoms with Crippen LogP contribution in [0.3, 0.4) is 0 Å². The smallest absolute Gasteiger partial charge is 0.377 e. The maximum atomic E-state index is 5.34. The van der Waals surface area contributed by atoms with Crippen molar-refractivity contribution in [3.8, 4) is 0 Å². The van der Waals surface area contributed by atoms with Crippen molar-refractivity contribution < 1.29 is 22.8 Å². The van der Waals surface area contributed by atoms with E-state index in [4.69, 9.17) is 22.8 Å². The molecule has 0 aromatic rings. The van der Waals surface area contributed by atoms with E-state index in [0.717, 1.165) is 18.5 Å². The van der Waals surface area contributed by atoms with Crippen LogP contribution in [0, 0.1) is 0 Å². The number of rotatable bonds is 10. The Bertz CT molecular complexity index is 154. The molecule has 0 saturated carbocycles. The van der Waals surface area contributed by atoms with Crippen LogP contribution in [0.1, 0.15) is 6.42 Å². The fraction of sp³-hybridized carbons (Fsp3) is 1.00. The average Bonchev–Trinajstić information content (AvgIpc) is 2.35. The molecule has 0 aliphatic heterocycles. The van der Waals surface area contributed by atoms with Crippen molar-refractivity contribution in [1.29, 1.82) is 0 Å². The van der Waals surface area contributed by atoms with E-state index in [1.807, 2.05) is 0 Å². The summed E-state index contributed by atoms with van der Waals surface area (Å²) in [6, 6.07) is 1.99. The Morgan fingerprint density at radius 3 is 1.81 bits per heavy atom. The van der Waals surface area contributed by atoms with E-state index < -0.39 is 8.80 Å². The Kier molecular flexibility index (Phi) is 9.42. The molecule has 0 unspecified atom stereocenters. The van der Waals surface area contributed by atoms with Crippen LogP contribution in [0.5, 0.6) is 0 Å². The third-order valence-electron chi connectivity index (χ3n) is 2.63. The standard InChI is InChI=1S/C9H24O5Si2/c1-10-9(11-2)15-7-6-8-16(12-3,13-4)14-5/h9H,6-8,15H2,1-5H3. The van der Waals surface area contributed by atoms with Crippen LogP contribution in [-0.2, 0) is 22.8 Å². The molecule has 0 amide bonds. The second-order valence-electron chi connectivity index (χ2n) is 3.44. The second kappa shape index (κ2) is 9.28. The molecule has 0 spiro atoms. The summed E-state index contributed by atoms with van der Waals surface area (Å²) in [6.07, 6.45) is 1.04. The number of ether oxygens (including phenoxy) is 2. The second-order valence-corrected chi connectivity index (χ2v) is 8.48. The van der Waals surface area contributed by atoms with Crippen molar-refractivity contribution in [3.05, 3.63) is 0 Å². The van der Waals surface area contributed by atoms with Crippen molar-refractivity contribution in [3.63, 3.8) is 0 Å². The van der Waals surface area contributed by atoms with Crippen molar-refractivity contribution >= 4 is 18.3 Å². The lowest BCUT2D eigenvalue weighted by molar-refractivity contribution is -0.0441. The van der Waals surface area contributed by atoms with E-state index in [0.29, 0.717) is 0 Å². The van der Waals surface area contributed by atoms with Crippen LogP contribution in [0.15, 0.2) is 0 Å². The van der Waals surface area contributed by atoms with Crippen LogP contribution in [0.25, 0.3) is 0 Å². The van der Waals surface area contributed by atoms with Gasteiger partial charge in [-0.25, -0.2) is 0 Å². The van der Waals surface area contributed by atoms with E-state index in [2.05, 4.69) is 0 Å². The van der Waals surface area contributed by atoms with Gasteiger partial charge in [0.1, 0.15) is 5.91 Å². The van der Waals surface area contributed by atoms with Gasteiger partial charge in [-0.2, -0.15) is 0 Å². The van der Waals surface area contributed by atoms with Gasteiger partial charge in [0.2, 0.25) is 0 Å². The van der Waals surface area contributed by atoms with Crippen molar-refractivity contribution in [1.82, 2.24) is 0 Å². The minimum Gasteiger partial charge on any atom is -0.377 e. The molecule has 7 heteroatoms. The quantitative estimate of drug-likeness (QED) is 0.326. The molecule has 0 rings (SSSR count). The lowest BCUT2D eigenvalue weighted by atomic mass is 10.6. The first kappa shape index (κ1) is 16.2. The van der Waals surface area contributed by atoms with Crippen LogP contribution >= 0.6 is 0 Å². The van der Waals surface area contributed by atoms with Crippen LogP contribution in [-0.4, -0.2) is 59.8 Å². The first-order valence-electron chi connectivity index (χ1n) is 5.39. The molecule has 0 heterocycles. The van der Waals surface area contributed by atoms with Gasteiger partial charge >= 0.3 is 8.80 Å². The maximum absolute atomic E-state index is 5.34. The maximum Gasteiger partial charge on any atom is 0.500 e. The molecule has 98 valence electrons. The summed E-state index contributed by atoms with van der Waals surface area (Å²) in [5.74, 6) is 0.0173. The summed E-state index contributed by atoms with van der Waals surface area (Å²) in [5, 5.41) is 0. The van der Waals surface area contributed by atoms with Crippen molar-refractivity contribution in [2.45, 2.75) is 24.4 Å². The summed E-state index contributed by atoms with van der Waals surface area (Å²) < 4.78 is 26.4. The SMILES string of the molecule is COC(OC)[SiH2]CCC[Si](OC)(OC)OC. The van der Waals surface area contributed by atoms with Crippen LogP contribution in [0.2, 0.25) is 12.1 Å². The fourth-order valence-electron chi connectivity index (χ4n) is 1.54. The summed E-state index contributed by atoms with van der Waals surface area (Å²) in [5.41, 5.74) is 0. The largest absolute Gasteiger partial charge is 0.500 e. The van der Waals surface area contributed by atoms with Gasteiger partial charge in [-0.3, -0.25) is 0 Å². The molecule has 0 saturated heterocycles. The predicted molar refractivity (Wildman–Crippen MR) is 67.4 cm³/mol. The lowest BCUT2D eigenvalue weighted by Crippen LogP contribution is -2.42. The minimum absolute atomic E-state index is 0.0173. The van der Waals surface area contributed by atoms with Gasteiger partial charge in [0.05, 0.1) is 9.52 Å². The molecule has 0 fully saturated rings. The molecule has 0 radical (unpaired) electrons. The summed E-state index contributed by atoms with van der Waals surface area (Å²) in [7, 11) is 5.56. The zero-order valence-electron chi connectivity index (χ0n) is 10.9. The van der Waals surface area contributed by atoms with E-state index in [9.17, 15) is 0 Å². The van der Waals surface area contributed by atoms with E-state index in [-0.39, 0.29) is 15.4 Å². The molecule has 0 aliphatic carbocycles. The Hall–Kier alpha value is 0.234. The molecule has 0 bridgehead atoms. The van der Waals surface area contributed by atoms with Crippen LogP contribution in [0.4, 0.5) is 0 Å². The monoisotopic (exact) mass is 268 g/mol. The highest BCUT2D eigenvalue weighted by Crippen LogP contribution is 2.16. The van der Waals surface area contributed by atoms with E-state index in [1.165, 1.54) is 0 Å². The third-order valence-corrected chi connectivity index (χ3v) is 7.51. The zero-order chi connectivity index (χ0) is 12.4. The molecular weight excluding hydrogens is 244 g/mol. The fourth-order valence-corrected chi connectivity index (χ4v) is 5.18. The summed E-state index contributed by atoms with van der Waals surface area (Å²) in [6.45, 7) is 0. The van der Waals surface area contributed by atoms with E-state index in [1.54, 1.807) is 35.5 Å². The van der Waals surface area contributed by atoms with Gasteiger partial charge in [-0.05, 0) is 0 Å². The van der Waals surface area contributed by atoms with E-state index >= 15 is 0 Å². The molecule has 0 aliphatic rings. The van der Waals surface area contributed by atoms with Gasteiger partial charge in [-0.1, -0.05) is 12.5 Å². The van der Waals surface area contributed by atoms with Gasteiger partial charge < -0.3 is 22.8 Å². The molecule has 0 aromatic carbocycles. The Labute approximate surface area is 102 Å². The van der Waals surface area contributed by atoms with Crippen molar-refractivity contribution in [2.24, 2.45) is 0 Å². The lowest BCUT2D eigenvalue weighted by Gasteiger charge is -2.24. The predicted octanol–water partition coefficient (Wildman–Crippen LogP) is 0.418. The summed E-state index contributed by atoms with van der Waals surface area (Å²) in [4.78, 5) is 0. The van der Waals surface area contributed by atoms with Crippen molar-refractivity contribution in [2.75, 3.05) is 35.5 Å². The molecule has 0 atom stereocenters. The average molecular weight is 268 g/mol. The Balaban J connectivity index is 3.78. The van der Waals surface area contributed by atoms with Gasteiger partial charge in [0, 0.05) is 41.6 Å². The minimum atomic E-state index is -2.37. The summed E-state index contributed by atoms with van der Waals surface area (Å²) >= 11 is 0. The third kappa shape index (κ3) is 5.53. The molecular formula is C9H24O5Si2. The first-order valence-corrected chi connectivity index (χ1v) is 9.14.